The predicted octanol–water partition coefficient (Wildman–Crippen LogP) is 5.08. The molecule has 0 spiro atoms. The minimum Gasteiger partial charge on any atom is -0.444 e. The van der Waals surface area contributed by atoms with Crippen LogP contribution in [0.25, 0.3) is 0 Å². The van der Waals surface area contributed by atoms with Crippen molar-refractivity contribution in [2.24, 2.45) is 0 Å². The third-order valence-corrected chi connectivity index (χ3v) is 3.46. The van der Waals surface area contributed by atoms with E-state index >= 15 is 0 Å². The van der Waals surface area contributed by atoms with Crippen LogP contribution in [0.15, 0.2) is 43.9 Å². The van der Waals surface area contributed by atoms with E-state index in [0.717, 1.165) is 12.1 Å². The number of anilines is 1. The standard InChI is InChI=1S/C12H6Br2F3NO2/c13-7-2-1-6(12(15,16)17)5-8(7)18-11(19)9-3-4-10(14)20-9/h1-5H,(H,18,19). The van der Waals surface area contributed by atoms with Gasteiger partial charge in [0.1, 0.15) is 0 Å². The molecule has 2 rings (SSSR count). The number of furan rings is 1. The fraction of sp³-hybridized carbons (Fsp3) is 0.0833. The number of halogens is 5. The Morgan fingerprint density at radius 1 is 1.15 bits per heavy atom. The van der Waals surface area contributed by atoms with Gasteiger partial charge in [-0.1, -0.05) is 0 Å². The molecule has 1 heterocycles. The van der Waals surface area contributed by atoms with Crippen LogP contribution < -0.4 is 5.32 Å². The molecule has 0 saturated heterocycles. The van der Waals surface area contributed by atoms with Gasteiger partial charge in [0.25, 0.3) is 5.91 Å². The Balaban J connectivity index is 2.27. The topological polar surface area (TPSA) is 42.2 Å². The van der Waals surface area contributed by atoms with Crippen molar-refractivity contribution in [3.63, 3.8) is 0 Å². The molecule has 0 aliphatic heterocycles. The van der Waals surface area contributed by atoms with Crippen molar-refractivity contribution in [1.29, 1.82) is 0 Å². The Kier molecular flexibility index (Phi) is 4.24. The molecule has 2 aromatic rings. The normalized spacial score (nSPS) is 11.4. The molecule has 3 nitrogen and oxygen atoms in total. The van der Waals surface area contributed by atoms with Gasteiger partial charge in [-0.05, 0) is 62.2 Å². The molecule has 20 heavy (non-hydrogen) atoms. The van der Waals surface area contributed by atoms with Crippen molar-refractivity contribution >= 4 is 43.5 Å². The van der Waals surface area contributed by atoms with Crippen LogP contribution >= 0.6 is 31.9 Å². The van der Waals surface area contributed by atoms with Gasteiger partial charge in [-0.3, -0.25) is 4.79 Å². The van der Waals surface area contributed by atoms with Crippen molar-refractivity contribution in [1.82, 2.24) is 0 Å². The minimum absolute atomic E-state index is 0.0114. The Labute approximate surface area is 128 Å². The number of carbonyl (C=O) groups is 1. The lowest BCUT2D eigenvalue weighted by Gasteiger charge is -2.11. The van der Waals surface area contributed by atoms with Gasteiger partial charge in [0, 0.05) is 4.47 Å². The van der Waals surface area contributed by atoms with Crippen molar-refractivity contribution in [2.45, 2.75) is 6.18 Å². The zero-order valence-electron chi connectivity index (χ0n) is 9.59. The SMILES string of the molecule is O=C(Nc1cc(C(F)(F)F)ccc1Br)c1ccc(Br)o1. The number of benzene rings is 1. The van der Waals surface area contributed by atoms with Crippen LogP contribution in [0.1, 0.15) is 16.1 Å². The number of rotatable bonds is 2. The van der Waals surface area contributed by atoms with Gasteiger partial charge >= 0.3 is 6.18 Å². The van der Waals surface area contributed by atoms with E-state index in [1.807, 2.05) is 0 Å². The summed E-state index contributed by atoms with van der Waals surface area (Å²) >= 11 is 6.11. The molecule has 106 valence electrons. The molecular formula is C12H6Br2F3NO2. The second-order valence-electron chi connectivity index (χ2n) is 3.75. The van der Waals surface area contributed by atoms with E-state index in [9.17, 15) is 18.0 Å². The maximum atomic E-state index is 12.6. The number of amides is 1. The van der Waals surface area contributed by atoms with Crippen LogP contribution in [0.4, 0.5) is 18.9 Å². The largest absolute Gasteiger partial charge is 0.444 e. The summed E-state index contributed by atoms with van der Waals surface area (Å²) < 4.78 is 43.5. The maximum Gasteiger partial charge on any atom is 0.416 e. The van der Waals surface area contributed by atoms with Crippen LogP contribution in [-0.2, 0) is 6.18 Å². The number of alkyl halides is 3. The van der Waals surface area contributed by atoms with Gasteiger partial charge < -0.3 is 9.73 Å². The highest BCUT2D eigenvalue weighted by molar-refractivity contribution is 9.10. The summed E-state index contributed by atoms with van der Waals surface area (Å²) in [5.74, 6) is -0.656. The number of hydrogen-bond donors (Lipinski definition) is 1. The molecule has 1 aromatic carbocycles. The molecule has 0 aliphatic rings. The fourth-order valence-electron chi connectivity index (χ4n) is 1.42. The van der Waals surface area contributed by atoms with Gasteiger partial charge in [0.15, 0.2) is 10.4 Å². The van der Waals surface area contributed by atoms with Gasteiger partial charge in [-0.15, -0.1) is 0 Å². The van der Waals surface area contributed by atoms with Gasteiger partial charge in [0.05, 0.1) is 11.3 Å². The summed E-state index contributed by atoms with van der Waals surface area (Å²) in [6, 6.07) is 5.90. The summed E-state index contributed by atoms with van der Waals surface area (Å²) in [7, 11) is 0. The van der Waals surface area contributed by atoms with Crippen LogP contribution in [0.5, 0.6) is 0 Å². The Morgan fingerprint density at radius 2 is 1.85 bits per heavy atom. The number of carbonyl (C=O) groups excluding carboxylic acids is 1. The molecule has 1 aromatic heterocycles. The minimum atomic E-state index is -4.48. The van der Waals surface area contributed by atoms with Gasteiger partial charge in [-0.2, -0.15) is 13.2 Å². The molecule has 8 heteroatoms. The predicted molar refractivity (Wildman–Crippen MR) is 73.5 cm³/mol. The summed E-state index contributed by atoms with van der Waals surface area (Å²) in [6.07, 6.45) is -4.48. The molecule has 0 radical (unpaired) electrons. The fourth-order valence-corrected chi connectivity index (χ4v) is 2.07. The third kappa shape index (κ3) is 3.43. The zero-order valence-corrected chi connectivity index (χ0v) is 12.8. The lowest BCUT2D eigenvalue weighted by molar-refractivity contribution is -0.137. The van der Waals surface area contributed by atoms with E-state index in [2.05, 4.69) is 37.2 Å². The average Bonchev–Trinajstić information content (AvgIpc) is 2.77. The second kappa shape index (κ2) is 5.61. The average molecular weight is 413 g/mol. The van der Waals surface area contributed by atoms with Crippen LogP contribution in [0.3, 0.4) is 0 Å². The van der Waals surface area contributed by atoms with Crippen molar-refractivity contribution in [3.05, 3.63) is 50.8 Å². The van der Waals surface area contributed by atoms with Crippen molar-refractivity contribution in [3.8, 4) is 0 Å². The van der Waals surface area contributed by atoms with Crippen LogP contribution in [0.2, 0.25) is 0 Å². The molecule has 1 amide bonds. The monoisotopic (exact) mass is 411 g/mol. The quantitative estimate of drug-likeness (QED) is 0.747. The second-order valence-corrected chi connectivity index (χ2v) is 5.39. The lowest BCUT2D eigenvalue weighted by Crippen LogP contribution is -2.13. The summed E-state index contributed by atoms with van der Waals surface area (Å²) in [5.41, 5.74) is -0.839. The summed E-state index contributed by atoms with van der Waals surface area (Å²) in [5, 5.41) is 2.35. The molecule has 0 saturated carbocycles. The Hall–Kier alpha value is -1.28. The highest BCUT2D eigenvalue weighted by atomic mass is 79.9. The summed E-state index contributed by atoms with van der Waals surface area (Å²) in [4.78, 5) is 11.8. The van der Waals surface area contributed by atoms with Gasteiger partial charge in [-0.25, -0.2) is 0 Å². The van der Waals surface area contributed by atoms with E-state index in [4.69, 9.17) is 4.42 Å². The Bertz CT molecular complexity index is 652. The van der Waals surface area contributed by atoms with E-state index in [-0.39, 0.29) is 11.4 Å². The highest BCUT2D eigenvalue weighted by Crippen LogP contribution is 2.34. The first-order valence-electron chi connectivity index (χ1n) is 5.21. The number of nitrogens with one attached hydrogen (secondary N) is 1. The summed E-state index contributed by atoms with van der Waals surface area (Å²) in [6.45, 7) is 0. The van der Waals surface area contributed by atoms with E-state index in [1.165, 1.54) is 18.2 Å². The molecule has 0 bridgehead atoms. The van der Waals surface area contributed by atoms with E-state index in [0.29, 0.717) is 9.14 Å². The molecule has 0 fully saturated rings. The van der Waals surface area contributed by atoms with Crippen LogP contribution in [-0.4, -0.2) is 5.91 Å². The Morgan fingerprint density at radius 3 is 2.40 bits per heavy atom. The first-order chi connectivity index (χ1) is 9.27. The van der Waals surface area contributed by atoms with Crippen molar-refractivity contribution < 1.29 is 22.4 Å². The lowest BCUT2D eigenvalue weighted by atomic mass is 10.2. The van der Waals surface area contributed by atoms with Gasteiger partial charge in [0.2, 0.25) is 0 Å². The first kappa shape index (κ1) is 15.1. The van der Waals surface area contributed by atoms with E-state index in [1.54, 1.807) is 0 Å². The smallest absolute Gasteiger partial charge is 0.416 e. The first-order valence-corrected chi connectivity index (χ1v) is 6.79. The van der Waals surface area contributed by atoms with E-state index < -0.39 is 17.6 Å². The third-order valence-electron chi connectivity index (χ3n) is 2.34. The maximum absolute atomic E-state index is 12.6. The molecule has 0 aliphatic carbocycles. The highest BCUT2D eigenvalue weighted by Gasteiger charge is 2.31. The zero-order chi connectivity index (χ0) is 14.9. The molecule has 0 unspecified atom stereocenters. The van der Waals surface area contributed by atoms with Crippen LogP contribution in [0, 0.1) is 0 Å². The molecule has 1 N–H and O–H groups in total. The van der Waals surface area contributed by atoms with Crippen molar-refractivity contribution in [2.75, 3.05) is 5.32 Å². The molecule has 0 atom stereocenters. The number of hydrogen-bond acceptors (Lipinski definition) is 2. The molecular weight excluding hydrogens is 407 g/mol.